The van der Waals surface area contributed by atoms with Crippen molar-refractivity contribution in [1.29, 1.82) is 0 Å². The fourth-order valence-corrected chi connectivity index (χ4v) is 2.01. The number of unbranched alkanes of at least 4 members (excludes halogenated alkanes) is 1. The molecule has 0 aliphatic carbocycles. The van der Waals surface area contributed by atoms with Crippen LogP contribution in [0.4, 0.5) is 4.39 Å². The van der Waals surface area contributed by atoms with E-state index in [4.69, 9.17) is 0 Å². The van der Waals surface area contributed by atoms with Crippen LogP contribution in [0.15, 0.2) is 22.7 Å². The van der Waals surface area contributed by atoms with Gasteiger partial charge in [0.2, 0.25) is 0 Å². The predicted molar refractivity (Wildman–Crippen MR) is 65.4 cm³/mol. The first kappa shape index (κ1) is 12.7. The van der Waals surface area contributed by atoms with Crippen LogP contribution in [0.2, 0.25) is 0 Å². The van der Waals surface area contributed by atoms with Crippen molar-refractivity contribution in [3.63, 3.8) is 0 Å². The second-order valence-electron chi connectivity index (χ2n) is 3.66. The molecule has 0 aromatic heterocycles. The van der Waals surface area contributed by atoms with E-state index in [0.29, 0.717) is 10.5 Å². The Morgan fingerprint density at radius 3 is 2.73 bits per heavy atom. The smallest absolute Gasteiger partial charge is 0.137 e. The Bertz CT molecular complexity index is 314. The van der Waals surface area contributed by atoms with Gasteiger partial charge in [0, 0.05) is 6.04 Å². The van der Waals surface area contributed by atoms with E-state index in [1.54, 1.807) is 0 Å². The molecule has 0 saturated carbocycles. The van der Waals surface area contributed by atoms with E-state index < -0.39 is 0 Å². The second kappa shape index (κ2) is 6.23. The third-order valence-corrected chi connectivity index (χ3v) is 3.15. The molecule has 1 nitrogen and oxygen atoms in total. The lowest BCUT2D eigenvalue weighted by Crippen LogP contribution is -2.16. The fourth-order valence-electron chi connectivity index (χ4n) is 1.62. The Morgan fingerprint density at radius 2 is 2.20 bits per heavy atom. The van der Waals surface area contributed by atoms with Crippen molar-refractivity contribution in [3.05, 3.63) is 34.1 Å². The maximum atomic E-state index is 13.1. The summed E-state index contributed by atoms with van der Waals surface area (Å²) in [6.45, 7) is 2.17. The summed E-state index contributed by atoms with van der Waals surface area (Å²) >= 11 is 3.21. The minimum absolute atomic E-state index is 0.205. The minimum atomic E-state index is -0.205. The summed E-state index contributed by atoms with van der Waals surface area (Å²) in [6.07, 6.45) is 3.45. The summed E-state index contributed by atoms with van der Waals surface area (Å²) in [5.41, 5.74) is 1.14. The van der Waals surface area contributed by atoms with Crippen LogP contribution in [0.25, 0.3) is 0 Å². The summed E-state index contributed by atoms with van der Waals surface area (Å²) in [7, 11) is 1.94. The lowest BCUT2D eigenvalue weighted by Gasteiger charge is -2.16. The van der Waals surface area contributed by atoms with E-state index in [1.807, 2.05) is 19.2 Å². The van der Waals surface area contributed by atoms with Gasteiger partial charge in [-0.1, -0.05) is 25.8 Å². The molecule has 0 saturated heterocycles. The highest BCUT2D eigenvalue weighted by atomic mass is 79.9. The molecular weight excluding hydrogens is 257 g/mol. The van der Waals surface area contributed by atoms with Crippen LogP contribution < -0.4 is 5.32 Å². The van der Waals surface area contributed by atoms with E-state index in [2.05, 4.69) is 28.2 Å². The molecule has 0 spiro atoms. The molecule has 3 heteroatoms. The fraction of sp³-hybridized carbons (Fsp3) is 0.500. The molecule has 1 N–H and O–H groups in total. The molecule has 1 aromatic rings. The largest absolute Gasteiger partial charge is 0.313 e. The molecule has 1 unspecified atom stereocenters. The van der Waals surface area contributed by atoms with Crippen LogP contribution in [0.1, 0.15) is 37.8 Å². The van der Waals surface area contributed by atoms with Gasteiger partial charge in [-0.05, 0) is 47.1 Å². The maximum absolute atomic E-state index is 13.1. The molecule has 0 fully saturated rings. The molecule has 0 aliphatic heterocycles. The number of halogens is 2. The highest BCUT2D eigenvalue weighted by Gasteiger charge is 2.10. The monoisotopic (exact) mass is 273 g/mol. The molecule has 1 rings (SSSR count). The first-order valence-electron chi connectivity index (χ1n) is 5.31. The van der Waals surface area contributed by atoms with Gasteiger partial charge in [-0.15, -0.1) is 0 Å². The van der Waals surface area contributed by atoms with Crippen molar-refractivity contribution in [1.82, 2.24) is 5.32 Å². The van der Waals surface area contributed by atoms with E-state index in [-0.39, 0.29) is 5.82 Å². The lowest BCUT2D eigenvalue weighted by atomic mass is 10.0. The van der Waals surface area contributed by atoms with Crippen LogP contribution in [-0.2, 0) is 0 Å². The first-order chi connectivity index (χ1) is 7.19. The highest BCUT2D eigenvalue weighted by Crippen LogP contribution is 2.24. The van der Waals surface area contributed by atoms with Crippen LogP contribution in [0.5, 0.6) is 0 Å². The average Bonchev–Trinajstić information content (AvgIpc) is 2.24. The van der Waals surface area contributed by atoms with Crippen molar-refractivity contribution < 1.29 is 4.39 Å². The Kier molecular flexibility index (Phi) is 5.26. The number of benzene rings is 1. The number of hydrogen-bond donors (Lipinski definition) is 1. The normalized spacial score (nSPS) is 12.8. The molecule has 0 amide bonds. The summed E-state index contributed by atoms with van der Waals surface area (Å²) in [6, 6.07) is 5.53. The van der Waals surface area contributed by atoms with Crippen molar-refractivity contribution in [2.45, 2.75) is 32.2 Å². The lowest BCUT2D eigenvalue weighted by molar-refractivity contribution is 0.520. The number of hydrogen-bond acceptors (Lipinski definition) is 1. The van der Waals surface area contributed by atoms with Gasteiger partial charge in [0.25, 0.3) is 0 Å². The van der Waals surface area contributed by atoms with E-state index in [9.17, 15) is 4.39 Å². The molecule has 84 valence electrons. The average molecular weight is 274 g/mol. The van der Waals surface area contributed by atoms with Crippen molar-refractivity contribution in [2.75, 3.05) is 7.05 Å². The molecular formula is C12H17BrFN. The highest BCUT2D eigenvalue weighted by molar-refractivity contribution is 9.10. The Balaban J connectivity index is 2.78. The third-order valence-electron chi connectivity index (χ3n) is 2.54. The summed E-state index contributed by atoms with van der Waals surface area (Å²) < 4.78 is 13.6. The van der Waals surface area contributed by atoms with E-state index in [1.165, 1.54) is 18.9 Å². The second-order valence-corrected chi connectivity index (χ2v) is 4.51. The summed E-state index contributed by atoms with van der Waals surface area (Å²) in [5.74, 6) is -0.205. The maximum Gasteiger partial charge on any atom is 0.137 e. The van der Waals surface area contributed by atoms with Gasteiger partial charge in [0.15, 0.2) is 0 Å². The zero-order valence-electron chi connectivity index (χ0n) is 9.19. The van der Waals surface area contributed by atoms with E-state index in [0.717, 1.165) is 12.0 Å². The zero-order valence-corrected chi connectivity index (χ0v) is 10.8. The zero-order chi connectivity index (χ0) is 11.3. The van der Waals surface area contributed by atoms with Crippen LogP contribution in [0, 0.1) is 5.82 Å². The Labute approximate surface area is 99.2 Å². The quantitative estimate of drug-likeness (QED) is 0.854. The van der Waals surface area contributed by atoms with Crippen molar-refractivity contribution >= 4 is 15.9 Å². The predicted octanol–water partition coefficient (Wildman–Crippen LogP) is 4.04. The first-order valence-corrected chi connectivity index (χ1v) is 6.10. The molecule has 0 heterocycles. The van der Waals surface area contributed by atoms with Gasteiger partial charge in [-0.25, -0.2) is 4.39 Å². The SMILES string of the molecule is CCCCC(NC)c1ccc(F)c(Br)c1. The molecule has 15 heavy (non-hydrogen) atoms. The van der Waals surface area contributed by atoms with Crippen molar-refractivity contribution in [2.24, 2.45) is 0 Å². The topological polar surface area (TPSA) is 12.0 Å². The molecule has 0 bridgehead atoms. The molecule has 1 aromatic carbocycles. The third kappa shape index (κ3) is 3.58. The van der Waals surface area contributed by atoms with E-state index >= 15 is 0 Å². The van der Waals surface area contributed by atoms with Crippen LogP contribution >= 0.6 is 15.9 Å². The Hall–Kier alpha value is -0.410. The number of nitrogens with one attached hydrogen (secondary N) is 1. The standard InChI is InChI=1S/C12H17BrFN/c1-3-4-5-12(15-2)9-6-7-11(14)10(13)8-9/h6-8,12,15H,3-5H2,1-2H3. The number of rotatable bonds is 5. The van der Waals surface area contributed by atoms with Gasteiger partial charge in [-0.2, -0.15) is 0 Å². The molecule has 0 radical (unpaired) electrons. The van der Waals surface area contributed by atoms with Crippen molar-refractivity contribution in [3.8, 4) is 0 Å². The van der Waals surface area contributed by atoms with Gasteiger partial charge < -0.3 is 5.32 Å². The van der Waals surface area contributed by atoms with Crippen LogP contribution in [-0.4, -0.2) is 7.05 Å². The minimum Gasteiger partial charge on any atom is -0.313 e. The van der Waals surface area contributed by atoms with Gasteiger partial charge in [0.1, 0.15) is 5.82 Å². The van der Waals surface area contributed by atoms with Gasteiger partial charge >= 0.3 is 0 Å². The van der Waals surface area contributed by atoms with Gasteiger partial charge in [-0.3, -0.25) is 0 Å². The summed E-state index contributed by atoms with van der Waals surface area (Å²) in [5, 5.41) is 3.26. The summed E-state index contributed by atoms with van der Waals surface area (Å²) in [4.78, 5) is 0. The van der Waals surface area contributed by atoms with Gasteiger partial charge in [0.05, 0.1) is 4.47 Å². The molecule has 1 atom stereocenters. The Morgan fingerprint density at radius 1 is 1.47 bits per heavy atom. The van der Waals surface area contributed by atoms with Crippen LogP contribution in [0.3, 0.4) is 0 Å². The molecule has 0 aliphatic rings.